The highest BCUT2D eigenvalue weighted by molar-refractivity contribution is 5.95. The minimum atomic E-state index is 0.0794. The highest BCUT2D eigenvalue weighted by Gasteiger charge is 2.13. The normalized spacial score (nSPS) is 10.5. The molecule has 0 atom stereocenters. The summed E-state index contributed by atoms with van der Waals surface area (Å²) >= 11 is 0. The molecule has 2 aromatic rings. The van der Waals surface area contributed by atoms with Crippen LogP contribution in [-0.2, 0) is 7.05 Å². The molecule has 0 saturated carbocycles. The summed E-state index contributed by atoms with van der Waals surface area (Å²) in [5.41, 5.74) is 2.77. The van der Waals surface area contributed by atoms with Crippen molar-refractivity contribution in [3.63, 3.8) is 0 Å². The van der Waals surface area contributed by atoms with Crippen molar-refractivity contribution in [3.8, 4) is 11.1 Å². The zero-order chi connectivity index (χ0) is 13.8. The smallest absolute Gasteiger partial charge is 0.253 e. The Kier molecular flexibility index (Phi) is 4.00. The van der Waals surface area contributed by atoms with Crippen LogP contribution in [0.3, 0.4) is 0 Å². The molecule has 0 aliphatic carbocycles. The van der Waals surface area contributed by atoms with Gasteiger partial charge in [0, 0.05) is 37.5 Å². The molecular weight excluding hydrogens is 238 g/mol. The van der Waals surface area contributed by atoms with E-state index in [4.69, 9.17) is 0 Å². The van der Waals surface area contributed by atoms with Gasteiger partial charge in [0.25, 0.3) is 5.91 Å². The number of aryl methyl sites for hydroxylation is 1. The molecule has 1 amide bonds. The van der Waals surface area contributed by atoms with Crippen LogP contribution in [0.1, 0.15) is 24.2 Å². The fourth-order valence-electron chi connectivity index (χ4n) is 2.10. The largest absolute Gasteiger partial charge is 0.339 e. The van der Waals surface area contributed by atoms with E-state index in [0.29, 0.717) is 0 Å². The predicted octanol–water partition coefficient (Wildman–Crippen LogP) is 2.57. The molecule has 0 saturated heterocycles. The van der Waals surface area contributed by atoms with Crippen molar-refractivity contribution < 1.29 is 4.79 Å². The third-order valence-electron chi connectivity index (χ3n) is 3.20. The number of carbonyl (C=O) groups excluding carboxylic acids is 1. The third-order valence-corrected chi connectivity index (χ3v) is 3.20. The minimum Gasteiger partial charge on any atom is -0.339 e. The van der Waals surface area contributed by atoms with Crippen LogP contribution < -0.4 is 0 Å². The second-order valence-electron chi connectivity index (χ2n) is 4.46. The molecule has 4 nitrogen and oxygen atoms in total. The Morgan fingerprint density at radius 2 is 2.00 bits per heavy atom. The van der Waals surface area contributed by atoms with Crippen LogP contribution in [0.4, 0.5) is 0 Å². The van der Waals surface area contributed by atoms with Gasteiger partial charge in [0.1, 0.15) is 0 Å². The summed E-state index contributed by atoms with van der Waals surface area (Å²) in [5, 5.41) is 4.16. The summed E-state index contributed by atoms with van der Waals surface area (Å²) in [7, 11) is 1.88. The summed E-state index contributed by atoms with van der Waals surface area (Å²) in [6, 6.07) is 7.70. The Labute approximate surface area is 113 Å². The van der Waals surface area contributed by atoms with E-state index in [2.05, 4.69) is 5.10 Å². The molecule has 0 bridgehead atoms. The van der Waals surface area contributed by atoms with Crippen LogP contribution in [0.15, 0.2) is 36.7 Å². The zero-order valence-corrected chi connectivity index (χ0v) is 11.6. The summed E-state index contributed by atoms with van der Waals surface area (Å²) in [4.78, 5) is 14.1. The molecule has 0 unspecified atom stereocenters. The van der Waals surface area contributed by atoms with Crippen molar-refractivity contribution in [1.82, 2.24) is 14.7 Å². The van der Waals surface area contributed by atoms with E-state index >= 15 is 0 Å². The first-order valence-corrected chi connectivity index (χ1v) is 6.54. The molecule has 1 aromatic carbocycles. The maximum Gasteiger partial charge on any atom is 0.253 e. The molecule has 1 aromatic heterocycles. The van der Waals surface area contributed by atoms with E-state index in [-0.39, 0.29) is 5.91 Å². The molecular formula is C15H19N3O. The van der Waals surface area contributed by atoms with Crippen molar-refractivity contribution >= 4 is 5.91 Å². The van der Waals surface area contributed by atoms with Gasteiger partial charge in [0.05, 0.1) is 6.20 Å². The maximum atomic E-state index is 12.3. The second-order valence-corrected chi connectivity index (χ2v) is 4.46. The number of hydrogen-bond acceptors (Lipinski definition) is 2. The topological polar surface area (TPSA) is 38.1 Å². The van der Waals surface area contributed by atoms with Crippen molar-refractivity contribution in [3.05, 3.63) is 42.2 Å². The van der Waals surface area contributed by atoms with Crippen LogP contribution in [0, 0.1) is 0 Å². The lowest BCUT2D eigenvalue weighted by Gasteiger charge is -2.18. The molecule has 0 N–H and O–H groups in total. The SMILES string of the molecule is CCN(CC)C(=O)c1cccc(-c2cnn(C)c2)c1. The van der Waals surface area contributed by atoms with Crippen LogP contribution in [-0.4, -0.2) is 33.7 Å². The zero-order valence-electron chi connectivity index (χ0n) is 11.6. The molecule has 2 rings (SSSR count). The van der Waals surface area contributed by atoms with Crippen LogP contribution in [0.2, 0.25) is 0 Å². The van der Waals surface area contributed by atoms with Gasteiger partial charge in [-0.05, 0) is 31.5 Å². The van der Waals surface area contributed by atoms with Gasteiger partial charge in [-0.25, -0.2) is 0 Å². The van der Waals surface area contributed by atoms with Crippen molar-refractivity contribution in [2.45, 2.75) is 13.8 Å². The fourth-order valence-corrected chi connectivity index (χ4v) is 2.10. The Morgan fingerprint density at radius 3 is 2.58 bits per heavy atom. The van der Waals surface area contributed by atoms with Gasteiger partial charge in [-0.1, -0.05) is 12.1 Å². The lowest BCUT2D eigenvalue weighted by molar-refractivity contribution is 0.0773. The molecule has 0 aliphatic heterocycles. The molecule has 4 heteroatoms. The number of hydrogen-bond donors (Lipinski definition) is 0. The molecule has 0 spiro atoms. The standard InChI is InChI=1S/C15H19N3O/c1-4-18(5-2)15(19)13-8-6-7-12(9-13)14-10-16-17(3)11-14/h6-11H,4-5H2,1-3H3. The lowest BCUT2D eigenvalue weighted by Crippen LogP contribution is -2.30. The Morgan fingerprint density at radius 1 is 1.26 bits per heavy atom. The molecule has 0 radical (unpaired) electrons. The summed E-state index contributed by atoms with van der Waals surface area (Å²) in [6.45, 7) is 5.44. The first kappa shape index (κ1) is 13.3. The first-order valence-electron chi connectivity index (χ1n) is 6.54. The van der Waals surface area contributed by atoms with Gasteiger partial charge >= 0.3 is 0 Å². The number of nitrogens with zero attached hydrogens (tertiary/aromatic N) is 3. The summed E-state index contributed by atoms with van der Waals surface area (Å²) in [5.74, 6) is 0.0794. The van der Waals surface area contributed by atoms with Crippen molar-refractivity contribution in [2.24, 2.45) is 7.05 Å². The van der Waals surface area contributed by atoms with Gasteiger partial charge in [0.15, 0.2) is 0 Å². The quantitative estimate of drug-likeness (QED) is 0.844. The van der Waals surface area contributed by atoms with E-state index in [1.165, 1.54) is 0 Å². The van der Waals surface area contributed by atoms with Gasteiger partial charge in [-0.2, -0.15) is 5.10 Å². The van der Waals surface area contributed by atoms with Crippen LogP contribution in [0.5, 0.6) is 0 Å². The predicted molar refractivity (Wildman–Crippen MR) is 75.9 cm³/mol. The number of amides is 1. The third kappa shape index (κ3) is 2.84. The van der Waals surface area contributed by atoms with E-state index in [1.807, 2.05) is 56.3 Å². The van der Waals surface area contributed by atoms with Crippen LogP contribution in [0.25, 0.3) is 11.1 Å². The van der Waals surface area contributed by atoms with Crippen molar-refractivity contribution in [2.75, 3.05) is 13.1 Å². The van der Waals surface area contributed by atoms with Gasteiger partial charge < -0.3 is 4.90 Å². The molecule has 0 fully saturated rings. The second kappa shape index (κ2) is 5.69. The van der Waals surface area contributed by atoms with Gasteiger partial charge in [0.2, 0.25) is 0 Å². The van der Waals surface area contributed by atoms with Crippen LogP contribution >= 0.6 is 0 Å². The number of rotatable bonds is 4. The van der Waals surface area contributed by atoms with E-state index < -0.39 is 0 Å². The van der Waals surface area contributed by atoms with E-state index in [1.54, 1.807) is 10.9 Å². The summed E-state index contributed by atoms with van der Waals surface area (Å²) in [6.07, 6.45) is 3.75. The Hall–Kier alpha value is -2.10. The molecule has 1 heterocycles. The number of carbonyl (C=O) groups is 1. The van der Waals surface area contributed by atoms with E-state index in [9.17, 15) is 4.79 Å². The van der Waals surface area contributed by atoms with Gasteiger partial charge in [-0.3, -0.25) is 9.48 Å². The summed E-state index contributed by atoms with van der Waals surface area (Å²) < 4.78 is 1.76. The minimum absolute atomic E-state index is 0.0794. The molecule has 100 valence electrons. The number of benzene rings is 1. The fraction of sp³-hybridized carbons (Fsp3) is 0.333. The monoisotopic (exact) mass is 257 g/mol. The van der Waals surface area contributed by atoms with Gasteiger partial charge in [-0.15, -0.1) is 0 Å². The highest BCUT2D eigenvalue weighted by Crippen LogP contribution is 2.20. The van der Waals surface area contributed by atoms with Crippen molar-refractivity contribution in [1.29, 1.82) is 0 Å². The molecule has 0 aliphatic rings. The Bertz CT molecular complexity index is 570. The lowest BCUT2D eigenvalue weighted by atomic mass is 10.1. The Balaban J connectivity index is 2.31. The first-order chi connectivity index (χ1) is 9.15. The van der Waals surface area contributed by atoms with E-state index in [0.717, 1.165) is 29.8 Å². The number of aromatic nitrogens is 2. The molecule has 19 heavy (non-hydrogen) atoms. The average Bonchev–Trinajstić information content (AvgIpc) is 2.87. The maximum absolute atomic E-state index is 12.3. The highest BCUT2D eigenvalue weighted by atomic mass is 16.2. The average molecular weight is 257 g/mol.